The third-order valence-corrected chi connectivity index (χ3v) is 5.32. The van der Waals surface area contributed by atoms with Crippen LogP contribution in [0.3, 0.4) is 0 Å². The van der Waals surface area contributed by atoms with Crippen molar-refractivity contribution in [2.24, 2.45) is 0 Å². The van der Waals surface area contributed by atoms with E-state index in [0.717, 1.165) is 6.42 Å². The summed E-state index contributed by atoms with van der Waals surface area (Å²) in [6.07, 6.45) is 1.27. The van der Waals surface area contributed by atoms with Crippen LogP contribution in [0, 0.1) is 0 Å². The van der Waals surface area contributed by atoms with Crippen LogP contribution in [0.5, 0.6) is 0 Å². The summed E-state index contributed by atoms with van der Waals surface area (Å²) in [6.45, 7) is 4.21. The van der Waals surface area contributed by atoms with Crippen molar-refractivity contribution in [2.45, 2.75) is 32.7 Å². The Morgan fingerprint density at radius 2 is 1.69 bits per heavy atom. The Balaban J connectivity index is 1.55. The first-order chi connectivity index (χ1) is 15.4. The molecule has 1 aliphatic heterocycles. The number of nitrogens with zero attached hydrogens (tertiary/aromatic N) is 3. The van der Waals surface area contributed by atoms with Crippen LogP contribution in [0.25, 0.3) is 10.8 Å². The lowest BCUT2D eigenvalue weighted by Crippen LogP contribution is -2.43. The van der Waals surface area contributed by atoms with Gasteiger partial charge in [0.2, 0.25) is 5.91 Å². The second kappa shape index (κ2) is 8.62. The molecule has 2 aromatic carbocycles. The third kappa shape index (κ3) is 3.96. The van der Waals surface area contributed by atoms with E-state index in [9.17, 15) is 19.2 Å². The lowest BCUT2D eigenvalue weighted by molar-refractivity contribution is -0.117. The fourth-order valence-electron chi connectivity index (χ4n) is 3.71. The number of hydrogen-bond acceptors (Lipinski definition) is 5. The number of amides is 3. The number of fused-ring (bicyclic) bond motifs is 1. The van der Waals surface area contributed by atoms with Crippen molar-refractivity contribution >= 4 is 34.2 Å². The Bertz CT molecular complexity index is 1280. The highest BCUT2D eigenvalue weighted by atomic mass is 16.2. The van der Waals surface area contributed by atoms with E-state index in [2.05, 4.69) is 16.0 Å². The smallest absolute Gasteiger partial charge is 0.290 e. The molecule has 0 bridgehead atoms. The molecule has 0 atom stereocenters. The van der Waals surface area contributed by atoms with E-state index in [-0.39, 0.29) is 23.2 Å². The van der Waals surface area contributed by atoms with Gasteiger partial charge in [-0.15, -0.1) is 0 Å². The summed E-state index contributed by atoms with van der Waals surface area (Å²) in [5.41, 5.74) is 5.45. The predicted octanol–water partition coefficient (Wildman–Crippen LogP) is 2.18. The van der Waals surface area contributed by atoms with Crippen molar-refractivity contribution in [1.29, 1.82) is 0 Å². The van der Waals surface area contributed by atoms with Gasteiger partial charge < -0.3 is 4.90 Å². The molecule has 2 N–H and O–H groups in total. The van der Waals surface area contributed by atoms with Gasteiger partial charge in [0, 0.05) is 29.6 Å². The Morgan fingerprint density at radius 3 is 2.38 bits per heavy atom. The maximum absolute atomic E-state index is 12.8. The van der Waals surface area contributed by atoms with Crippen molar-refractivity contribution in [3.05, 3.63) is 70.1 Å². The average molecular weight is 433 g/mol. The van der Waals surface area contributed by atoms with Crippen molar-refractivity contribution in [3.63, 3.8) is 0 Å². The first kappa shape index (κ1) is 21.2. The van der Waals surface area contributed by atoms with Gasteiger partial charge >= 0.3 is 0 Å². The van der Waals surface area contributed by atoms with Crippen molar-refractivity contribution in [3.8, 4) is 0 Å². The number of hydrogen-bond donors (Lipinski definition) is 2. The zero-order chi connectivity index (χ0) is 22.8. The van der Waals surface area contributed by atoms with Crippen LogP contribution in [0.4, 0.5) is 5.69 Å². The normalized spacial score (nSPS) is 13.6. The number of aromatic nitrogens is 2. The summed E-state index contributed by atoms with van der Waals surface area (Å²) in [4.78, 5) is 51.7. The van der Waals surface area contributed by atoms with E-state index in [1.165, 1.54) is 4.68 Å². The van der Waals surface area contributed by atoms with Gasteiger partial charge in [0.15, 0.2) is 5.69 Å². The summed E-state index contributed by atoms with van der Waals surface area (Å²) in [5.74, 6) is -1.16. The fraction of sp³-hybridized carbons (Fsp3) is 0.261. The average Bonchev–Trinajstić information content (AvgIpc) is 3.23. The van der Waals surface area contributed by atoms with Crippen LogP contribution < -0.4 is 21.3 Å². The summed E-state index contributed by atoms with van der Waals surface area (Å²) >= 11 is 0. The van der Waals surface area contributed by atoms with Gasteiger partial charge in [-0.05, 0) is 44.5 Å². The van der Waals surface area contributed by atoms with Gasteiger partial charge in [0.1, 0.15) is 0 Å². The number of rotatable bonds is 4. The molecular weight excluding hydrogens is 410 g/mol. The molecule has 1 fully saturated rings. The molecule has 4 rings (SSSR count). The Morgan fingerprint density at radius 1 is 0.969 bits per heavy atom. The minimum Gasteiger partial charge on any atom is -0.312 e. The third-order valence-electron chi connectivity index (χ3n) is 5.32. The highest BCUT2D eigenvalue weighted by Gasteiger charge is 2.23. The topological polar surface area (TPSA) is 113 Å². The zero-order valence-electron chi connectivity index (χ0n) is 17.8. The van der Waals surface area contributed by atoms with Crippen molar-refractivity contribution < 1.29 is 14.4 Å². The minimum atomic E-state index is -0.644. The van der Waals surface area contributed by atoms with E-state index in [1.807, 2.05) is 0 Å². The maximum atomic E-state index is 12.8. The van der Waals surface area contributed by atoms with Gasteiger partial charge in [-0.3, -0.25) is 30.0 Å². The van der Waals surface area contributed by atoms with Crippen LogP contribution in [-0.2, 0) is 4.79 Å². The van der Waals surface area contributed by atoms with E-state index < -0.39 is 11.8 Å². The molecule has 3 aromatic rings. The van der Waals surface area contributed by atoms with Gasteiger partial charge in [0.05, 0.1) is 11.4 Å². The van der Waals surface area contributed by atoms with Gasteiger partial charge in [-0.2, -0.15) is 5.10 Å². The highest BCUT2D eigenvalue weighted by molar-refractivity contribution is 6.06. The van der Waals surface area contributed by atoms with E-state index in [4.69, 9.17) is 0 Å². The van der Waals surface area contributed by atoms with Crippen molar-refractivity contribution in [1.82, 2.24) is 20.6 Å². The molecule has 1 aromatic heterocycles. The maximum Gasteiger partial charge on any atom is 0.290 e. The number of hydrazine groups is 1. The largest absolute Gasteiger partial charge is 0.312 e. The van der Waals surface area contributed by atoms with Gasteiger partial charge in [0.25, 0.3) is 17.4 Å². The molecule has 9 nitrogen and oxygen atoms in total. The molecule has 1 aliphatic rings. The zero-order valence-corrected chi connectivity index (χ0v) is 17.8. The number of benzene rings is 2. The van der Waals surface area contributed by atoms with Crippen LogP contribution in [0.2, 0.25) is 0 Å². The molecule has 0 saturated carbocycles. The summed E-state index contributed by atoms with van der Waals surface area (Å²) in [7, 11) is 0. The molecule has 1 saturated heterocycles. The first-order valence-corrected chi connectivity index (χ1v) is 10.4. The quantitative estimate of drug-likeness (QED) is 0.613. The van der Waals surface area contributed by atoms with Crippen LogP contribution in [-0.4, -0.2) is 34.0 Å². The molecular formula is C23H23N5O4. The summed E-state index contributed by atoms with van der Waals surface area (Å²) < 4.78 is 1.25. The second-order valence-electron chi connectivity index (χ2n) is 7.85. The number of carbonyl (C=O) groups is 3. The monoisotopic (exact) mass is 433 g/mol. The van der Waals surface area contributed by atoms with E-state index in [0.29, 0.717) is 35.0 Å². The fourth-order valence-corrected chi connectivity index (χ4v) is 3.71. The Hall–Kier alpha value is -4.01. The first-order valence-electron chi connectivity index (χ1n) is 10.4. The van der Waals surface area contributed by atoms with E-state index in [1.54, 1.807) is 67.3 Å². The standard InChI is InChI=1S/C23H23N5O4/c1-14(2)28-23(32)18-10-4-3-9-17(18)20(26-28)22(31)25-24-21(30)15-7-5-8-16(13-15)27-12-6-11-19(27)29/h3-5,7-10,13-14H,6,11-12H2,1-2H3,(H,24,30)(H,25,31). The molecule has 3 amide bonds. The van der Waals surface area contributed by atoms with E-state index >= 15 is 0 Å². The van der Waals surface area contributed by atoms with Crippen LogP contribution in [0.15, 0.2) is 53.3 Å². The van der Waals surface area contributed by atoms with Crippen molar-refractivity contribution in [2.75, 3.05) is 11.4 Å². The molecule has 0 unspecified atom stereocenters. The molecule has 0 aliphatic carbocycles. The predicted molar refractivity (Wildman–Crippen MR) is 119 cm³/mol. The lowest BCUT2D eigenvalue weighted by Gasteiger charge is -2.16. The molecule has 2 heterocycles. The molecule has 0 spiro atoms. The summed E-state index contributed by atoms with van der Waals surface area (Å²) in [6, 6.07) is 13.1. The minimum absolute atomic E-state index is 0.0223. The SMILES string of the molecule is CC(C)n1nc(C(=O)NNC(=O)c2cccc(N3CCCC3=O)c2)c2ccccc2c1=O. The summed E-state index contributed by atoms with van der Waals surface area (Å²) in [5, 5.41) is 4.99. The number of carbonyl (C=O) groups excluding carboxylic acids is 3. The Labute approximate surface area is 184 Å². The molecule has 164 valence electrons. The molecule has 9 heteroatoms. The second-order valence-corrected chi connectivity index (χ2v) is 7.85. The highest BCUT2D eigenvalue weighted by Crippen LogP contribution is 2.22. The number of anilines is 1. The molecule has 0 radical (unpaired) electrons. The lowest BCUT2D eigenvalue weighted by atomic mass is 10.1. The van der Waals surface area contributed by atoms with Gasteiger partial charge in [-0.1, -0.05) is 24.3 Å². The van der Waals surface area contributed by atoms with Gasteiger partial charge in [-0.25, -0.2) is 4.68 Å². The van der Waals surface area contributed by atoms with Crippen LogP contribution in [0.1, 0.15) is 53.6 Å². The number of nitrogens with one attached hydrogen (secondary N) is 2. The molecule has 32 heavy (non-hydrogen) atoms. The Kier molecular flexibility index (Phi) is 5.72. The van der Waals surface area contributed by atoms with Crippen LogP contribution >= 0.6 is 0 Å².